The van der Waals surface area contributed by atoms with E-state index in [0.717, 1.165) is 30.2 Å². The number of fused-ring (bicyclic) bond motifs is 1. The van der Waals surface area contributed by atoms with Crippen LogP contribution in [0.25, 0.3) is 5.78 Å². The second kappa shape index (κ2) is 7.74. The summed E-state index contributed by atoms with van der Waals surface area (Å²) in [4.78, 5) is 8.55. The molecule has 24 heavy (non-hydrogen) atoms. The molecule has 0 radical (unpaired) electrons. The number of aromatic nitrogens is 4. The number of nitrogens with one attached hydrogen (secondary N) is 2. The van der Waals surface area contributed by atoms with Gasteiger partial charge in [0.2, 0.25) is 0 Å². The number of benzene rings is 1. The summed E-state index contributed by atoms with van der Waals surface area (Å²) in [6.07, 6.45) is 2.61. The van der Waals surface area contributed by atoms with Gasteiger partial charge in [-0.15, -0.1) is 0 Å². The number of hydrogen-bond acceptors (Lipinski definition) is 6. The quantitative estimate of drug-likeness (QED) is 0.663. The Morgan fingerprint density at radius 1 is 1.17 bits per heavy atom. The van der Waals surface area contributed by atoms with E-state index in [4.69, 9.17) is 4.74 Å². The zero-order valence-corrected chi connectivity index (χ0v) is 14.0. The van der Waals surface area contributed by atoms with Crippen LogP contribution in [-0.4, -0.2) is 33.2 Å². The van der Waals surface area contributed by atoms with Crippen LogP contribution >= 0.6 is 0 Å². The first-order valence-electron chi connectivity index (χ1n) is 8.05. The molecule has 0 aliphatic rings. The van der Waals surface area contributed by atoms with Crippen LogP contribution in [-0.2, 0) is 17.9 Å². The van der Waals surface area contributed by atoms with Crippen molar-refractivity contribution in [1.29, 1.82) is 0 Å². The van der Waals surface area contributed by atoms with E-state index in [1.807, 2.05) is 6.07 Å². The number of hydrogen-bond donors (Lipinski definition) is 2. The minimum Gasteiger partial charge on any atom is -0.385 e. The topological polar surface area (TPSA) is 76.4 Å². The van der Waals surface area contributed by atoms with Crippen molar-refractivity contribution in [3.8, 4) is 0 Å². The van der Waals surface area contributed by atoms with E-state index < -0.39 is 0 Å². The van der Waals surface area contributed by atoms with E-state index in [-0.39, 0.29) is 0 Å². The van der Waals surface area contributed by atoms with E-state index >= 15 is 0 Å². The number of methoxy groups -OCH3 is 1. The number of anilines is 2. The fourth-order valence-corrected chi connectivity index (χ4v) is 2.41. The summed E-state index contributed by atoms with van der Waals surface area (Å²) in [5, 5.41) is 11.0. The smallest absolute Gasteiger partial charge is 0.254 e. The molecular formula is C17H22N6O. The van der Waals surface area contributed by atoms with Gasteiger partial charge in [-0.3, -0.25) is 0 Å². The average molecular weight is 326 g/mol. The van der Waals surface area contributed by atoms with Gasteiger partial charge in [-0.1, -0.05) is 19.1 Å². The lowest BCUT2D eigenvalue weighted by atomic mass is 10.2. The van der Waals surface area contributed by atoms with Gasteiger partial charge in [0.1, 0.15) is 12.1 Å². The molecule has 0 unspecified atom stereocenters. The van der Waals surface area contributed by atoms with Gasteiger partial charge < -0.3 is 15.4 Å². The molecule has 0 amide bonds. The van der Waals surface area contributed by atoms with E-state index in [1.54, 1.807) is 11.6 Å². The van der Waals surface area contributed by atoms with E-state index in [1.165, 1.54) is 11.9 Å². The van der Waals surface area contributed by atoms with Crippen LogP contribution in [0.4, 0.5) is 11.5 Å². The summed E-state index contributed by atoms with van der Waals surface area (Å²) in [6.45, 7) is 4.28. The second-order valence-electron chi connectivity index (χ2n) is 5.51. The molecule has 0 atom stereocenters. The van der Waals surface area contributed by atoms with Gasteiger partial charge >= 0.3 is 0 Å². The summed E-state index contributed by atoms with van der Waals surface area (Å²) in [7, 11) is 1.65. The SMILES string of the molecule is CCCNc1ccc(CNc2cc(COC)nc3ncnn23)cc1. The maximum Gasteiger partial charge on any atom is 0.254 e. The molecule has 126 valence electrons. The minimum absolute atomic E-state index is 0.440. The van der Waals surface area contributed by atoms with Gasteiger partial charge in [-0.25, -0.2) is 4.98 Å². The molecule has 7 heteroatoms. The van der Waals surface area contributed by atoms with E-state index in [9.17, 15) is 0 Å². The molecule has 1 aromatic carbocycles. The Morgan fingerprint density at radius 2 is 2.00 bits per heavy atom. The van der Waals surface area contributed by atoms with Crippen molar-refractivity contribution in [2.75, 3.05) is 24.3 Å². The Hall–Kier alpha value is -2.67. The molecule has 3 rings (SSSR count). The van der Waals surface area contributed by atoms with Crippen LogP contribution in [0.5, 0.6) is 0 Å². The molecule has 2 heterocycles. The maximum absolute atomic E-state index is 5.16. The molecule has 3 aromatic rings. The monoisotopic (exact) mass is 326 g/mol. The van der Waals surface area contributed by atoms with Gasteiger partial charge in [0, 0.05) is 32.0 Å². The Labute approximate surface area is 141 Å². The molecule has 2 aromatic heterocycles. The summed E-state index contributed by atoms with van der Waals surface area (Å²) in [6, 6.07) is 10.4. The molecule has 0 aliphatic heterocycles. The first-order chi connectivity index (χ1) is 11.8. The molecular weight excluding hydrogens is 304 g/mol. The van der Waals surface area contributed by atoms with Crippen molar-refractivity contribution in [3.63, 3.8) is 0 Å². The van der Waals surface area contributed by atoms with Crippen LogP contribution in [0.2, 0.25) is 0 Å². The van der Waals surface area contributed by atoms with Crippen molar-refractivity contribution in [1.82, 2.24) is 19.6 Å². The van der Waals surface area contributed by atoms with Crippen LogP contribution in [0, 0.1) is 0 Å². The number of nitrogens with zero attached hydrogens (tertiary/aromatic N) is 4. The number of rotatable bonds is 8. The van der Waals surface area contributed by atoms with Crippen molar-refractivity contribution >= 4 is 17.3 Å². The van der Waals surface area contributed by atoms with Crippen molar-refractivity contribution in [2.45, 2.75) is 26.5 Å². The molecule has 7 nitrogen and oxygen atoms in total. The molecule has 0 saturated carbocycles. The van der Waals surface area contributed by atoms with Gasteiger partial charge in [0.05, 0.1) is 12.3 Å². The molecule has 0 bridgehead atoms. The first-order valence-corrected chi connectivity index (χ1v) is 8.05. The fraction of sp³-hybridized carbons (Fsp3) is 0.353. The number of ether oxygens (including phenoxy) is 1. The highest BCUT2D eigenvalue weighted by atomic mass is 16.5. The molecule has 0 fully saturated rings. The van der Waals surface area contributed by atoms with E-state index in [0.29, 0.717) is 18.9 Å². The Kier molecular flexibility index (Phi) is 5.22. The predicted molar refractivity (Wildman–Crippen MR) is 94.0 cm³/mol. The van der Waals surface area contributed by atoms with Gasteiger partial charge in [-0.2, -0.15) is 14.6 Å². The van der Waals surface area contributed by atoms with Crippen LogP contribution in [0.15, 0.2) is 36.7 Å². The third kappa shape index (κ3) is 3.80. The second-order valence-corrected chi connectivity index (χ2v) is 5.51. The van der Waals surface area contributed by atoms with Gasteiger partial charge in [0.15, 0.2) is 0 Å². The summed E-state index contributed by atoms with van der Waals surface area (Å²) in [5.41, 5.74) is 3.15. The highest BCUT2D eigenvalue weighted by molar-refractivity contribution is 5.47. The summed E-state index contributed by atoms with van der Waals surface area (Å²) >= 11 is 0. The van der Waals surface area contributed by atoms with Gasteiger partial charge in [-0.05, 0) is 24.1 Å². The molecule has 0 aliphatic carbocycles. The summed E-state index contributed by atoms with van der Waals surface area (Å²) in [5.74, 6) is 1.41. The maximum atomic E-state index is 5.16. The lowest BCUT2D eigenvalue weighted by Crippen LogP contribution is -2.08. The predicted octanol–water partition coefficient (Wildman–Crippen LogP) is 2.70. The molecule has 2 N–H and O–H groups in total. The van der Waals surface area contributed by atoms with E-state index in [2.05, 4.69) is 56.9 Å². The first kappa shape index (κ1) is 16.2. The third-order valence-electron chi connectivity index (χ3n) is 3.60. The highest BCUT2D eigenvalue weighted by Gasteiger charge is 2.07. The zero-order valence-electron chi connectivity index (χ0n) is 14.0. The molecule has 0 saturated heterocycles. The van der Waals surface area contributed by atoms with Crippen molar-refractivity contribution < 1.29 is 4.74 Å². The van der Waals surface area contributed by atoms with Crippen LogP contribution in [0.1, 0.15) is 24.6 Å². The standard InChI is InChI=1S/C17H22N6O/c1-3-8-18-14-6-4-13(5-7-14)10-19-16-9-15(11-24-2)22-17-20-12-21-23(16)17/h4-7,9,12,18-19H,3,8,10-11H2,1-2H3. The summed E-state index contributed by atoms with van der Waals surface area (Å²) < 4.78 is 6.85. The lowest BCUT2D eigenvalue weighted by molar-refractivity contribution is 0.181. The normalized spacial score (nSPS) is 10.9. The van der Waals surface area contributed by atoms with Crippen LogP contribution < -0.4 is 10.6 Å². The third-order valence-corrected chi connectivity index (χ3v) is 3.60. The fourth-order valence-electron chi connectivity index (χ4n) is 2.41. The highest BCUT2D eigenvalue weighted by Crippen LogP contribution is 2.14. The van der Waals surface area contributed by atoms with Gasteiger partial charge in [0.25, 0.3) is 5.78 Å². The zero-order chi connectivity index (χ0) is 16.8. The van der Waals surface area contributed by atoms with Crippen molar-refractivity contribution in [2.24, 2.45) is 0 Å². The largest absolute Gasteiger partial charge is 0.385 e. The van der Waals surface area contributed by atoms with Crippen molar-refractivity contribution in [3.05, 3.63) is 47.9 Å². The lowest BCUT2D eigenvalue weighted by Gasteiger charge is -2.10. The molecule has 0 spiro atoms. The Balaban J connectivity index is 1.71. The minimum atomic E-state index is 0.440. The van der Waals surface area contributed by atoms with Crippen LogP contribution in [0.3, 0.4) is 0 Å². The Morgan fingerprint density at radius 3 is 2.75 bits per heavy atom. The Bertz CT molecular complexity index is 783. The average Bonchev–Trinajstić information content (AvgIpc) is 3.08.